The monoisotopic (exact) mass is 288 g/mol. The topological polar surface area (TPSA) is 44.2 Å². The van der Waals surface area contributed by atoms with Crippen molar-refractivity contribution in [3.8, 4) is 46.6 Å². The largest absolute Gasteiger partial charge is 0.479 e. The molecule has 0 unspecified atom stereocenters. The molecular formula is C18H12N2O2. The van der Waals surface area contributed by atoms with Crippen molar-refractivity contribution >= 4 is 0 Å². The molecule has 0 fully saturated rings. The fourth-order valence-corrected chi connectivity index (χ4v) is 1.88. The van der Waals surface area contributed by atoms with Crippen LogP contribution in [-0.2, 0) is 0 Å². The first kappa shape index (κ1) is 13.7. The lowest BCUT2D eigenvalue weighted by atomic mass is 10.2. The predicted molar refractivity (Wildman–Crippen MR) is 83.2 cm³/mol. The van der Waals surface area contributed by atoms with Crippen LogP contribution in [0.25, 0.3) is 11.4 Å². The Bertz CT molecular complexity index is 750. The maximum atomic E-state index is 5.69. The minimum absolute atomic E-state index is 0.263. The van der Waals surface area contributed by atoms with Gasteiger partial charge in [-0.1, -0.05) is 23.7 Å². The van der Waals surface area contributed by atoms with Gasteiger partial charge in [0.15, 0.2) is 0 Å². The minimum atomic E-state index is 0.263. The van der Waals surface area contributed by atoms with Crippen LogP contribution in [0.2, 0.25) is 0 Å². The number of hydrogen-bond acceptors (Lipinski definition) is 4. The standard InChI is InChI=1S/C18H12N2O2/c1-2-4-6-14-22-16-10-8-12-20-18(16)17-15(9-7-11-19-17)21-13-5-3-1/h1-2,7-12H,13-14H2/b2-1-. The molecule has 0 spiro atoms. The van der Waals surface area contributed by atoms with Crippen LogP contribution in [0.4, 0.5) is 0 Å². The van der Waals surface area contributed by atoms with Crippen molar-refractivity contribution in [2.75, 3.05) is 13.2 Å². The molecular weight excluding hydrogens is 276 g/mol. The quantitative estimate of drug-likeness (QED) is 0.699. The van der Waals surface area contributed by atoms with Crippen LogP contribution in [0.1, 0.15) is 0 Å². The first-order chi connectivity index (χ1) is 10.9. The smallest absolute Gasteiger partial charge is 0.149 e. The Morgan fingerprint density at radius 1 is 0.773 bits per heavy atom. The van der Waals surface area contributed by atoms with E-state index in [1.54, 1.807) is 24.5 Å². The average Bonchev–Trinajstić information content (AvgIpc) is 2.57. The van der Waals surface area contributed by atoms with E-state index in [0.717, 1.165) is 0 Å². The van der Waals surface area contributed by atoms with Crippen molar-refractivity contribution in [3.63, 3.8) is 0 Å². The van der Waals surface area contributed by atoms with E-state index in [0.29, 0.717) is 22.9 Å². The highest BCUT2D eigenvalue weighted by molar-refractivity contribution is 5.68. The summed E-state index contributed by atoms with van der Waals surface area (Å²) in [5.74, 6) is 12.7. The first-order valence-corrected chi connectivity index (χ1v) is 6.73. The zero-order valence-electron chi connectivity index (χ0n) is 11.7. The van der Waals surface area contributed by atoms with Crippen LogP contribution in [-0.4, -0.2) is 23.2 Å². The summed E-state index contributed by atoms with van der Waals surface area (Å²) in [7, 11) is 0. The van der Waals surface area contributed by atoms with Crippen LogP contribution in [0.15, 0.2) is 48.8 Å². The fraction of sp³-hybridized carbons (Fsp3) is 0.111. The Kier molecular flexibility index (Phi) is 4.35. The number of allylic oxidation sites excluding steroid dienone is 2. The molecule has 0 aliphatic carbocycles. The number of pyridine rings is 2. The van der Waals surface area contributed by atoms with E-state index in [1.807, 2.05) is 24.3 Å². The molecule has 0 aromatic carbocycles. The molecule has 2 aromatic rings. The van der Waals surface area contributed by atoms with Gasteiger partial charge in [-0.2, -0.15) is 0 Å². The molecule has 106 valence electrons. The van der Waals surface area contributed by atoms with E-state index in [1.165, 1.54) is 0 Å². The molecule has 3 heterocycles. The summed E-state index contributed by atoms with van der Waals surface area (Å²) in [6.07, 6.45) is 6.75. The van der Waals surface area contributed by atoms with Gasteiger partial charge < -0.3 is 9.47 Å². The van der Waals surface area contributed by atoms with Crippen molar-refractivity contribution in [1.29, 1.82) is 0 Å². The van der Waals surface area contributed by atoms with Gasteiger partial charge in [-0.25, -0.2) is 0 Å². The van der Waals surface area contributed by atoms with Crippen LogP contribution in [0, 0.1) is 23.7 Å². The molecule has 0 saturated carbocycles. The maximum Gasteiger partial charge on any atom is 0.149 e. The van der Waals surface area contributed by atoms with Crippen LogP contribution >= 0.6 is 0 Å². The number of hydrogen-bond donors (Lipinski definition) is 0. The van der Waals surface area contributed by atoms with E-state index in [4.69, 9.17) is 9.47 Å². The zero-order valence-corrected chi connectivity index (χ0v) is 11.7. The highest BCUT2D eigenvalue weighted by Gasteiger charge is 2.14. The van der Waals surface area contributed by atoms with Crippen molar-refractivity contribution in [3.05, 3.63) is 48.8 Å². The van der Waals surface area contributed by atoms with Gasteiger partial charge in [-0.15, -0.1) is 0 Å². The van der Waals surface area contributed by atoms with Gasteiger partial charge >= 0.3 is 0 Å². The summed E-state index contributed by atoms with van der Waals surface area (Å²) in [6, 6.07) is 7.29. The third-order valence-corrected chi connectivity index (χ3v) is 2.82. The van der Waals surface area contributed by atoms with Gasteiger partial charge in [0.25, 0.3) is 0 Å². The summed E-state index contributed by atoms with van der Waals surface area (Å²) in [6.45, 7) is 0.527. The lowest BCUT2D eigenvalue weighted by Gasteiger charge is -2.11. The Morgan fingerprint density at radius 3 is 1.77 bits per heavy atom. The molecule has 22 heavy (non-hydrogen) atoms. The van der Waals surface area contributed by atoms with Gasteiger partial charge in [-0.3, -0.25) is 9.97 Å². The molecule has 0 radical (unpaired) electrons. The molecule has 2 aromatic heterocycles. The molecule has 0 atom stereocenters. The Morgan fingerprint density at radius 2 is 1.27 bits per heavy atom. The molecule has 4 nitrogen and oxygen atoms in total. The molecule has 1 aliphatic rings. The van der Waals surface area contributed by atoms with E-state index in [9.17, 15) is 0 Å². The van der Waals surface area contributed by atoms with Crippen molar-refractivity contribution in [2.24, 2.45) is 0 Å². The van der Waals surface area contributed by atoms with Gasteiger partial charge in [0.1, 0.15) is 36.1 Å². The number of aromatic nitrogens is 2. The van der Waals surface area contributed by atoms with Gasteiger partial charge in [0.2, 0.25) is 0 Å². The second-order valence-corrected chi connectivity index (χ2v) is 4.25. The van der Waals surface area contributed by atoms with Crippen molar-refractivity contribution in [1.82, 2.24) is 9.97 Å². The van der Waals surface area contributed by atoms with Crippen LogP contribution in [0.3, 0.4) is 0 Å². The molecule has 1 aliphatic heterocycles. The Balaban J connectivity index is 2.06. The second-order valence-electron chi connectivity index (χ2n) is 4.25. The van der Waals surface area contributed by atoms with Gasteiger partial charge in [0.05, 0.1) is 0 Å². The van der Waals surface area contributed by atoms with E-state index in [-0.39, 0.29) is 13.2 Å². The lowest BCUT2D eigenvalue weighted by Crippen LogP contribution is -2.01. The molecule has 0 bridgehead atoms. The molecule has 0 amide bonds. The normalized spacial score (nSPS) is 14.2. The van der Waals surface area contributed by atoms with Crippen molar-refractivity contribution in [2.45, 2.75) is 0 Å². The third-order valence-electron chi connectivity index (χ3n) is 2.82. The molecule has 0 N–H and O–H groups in total. The number of fused-ring (bicyclic) bond motifs is 3. The number of nitrogens with zero attached hydrogens (tertiary/aromatic N) is 2. The van der Waals surface area contributed by atoms with E-state index < -0.39 is 0 Å². The average molecular weight is 288 g/mol. The van der Waals surface area contributed by atoms with Crippen LogP contribution in [0.5, 0.6) is 11.5 Å². The summed E-state index contributed by atoms with van der Waals surface area (Å²) < 4.78 is 11.4. The van der Waals surface area contributed by atoms with Gasteiger partial charge in [0, 0.05) is 12.4 Å². The maximum absolute atomic E-state index is 5.69. The first-order valence-electron chi connectivity index (χ1n) is 6.73. The summed E-state index contributed by atoms with van der Waals surface area (Å²) in [5, 5.41) is 0. The highest BCUT2D eigenvalue weighted by Crippen LogP contribution is 2.32. The summed E-state index contributed by atoms with van der Waals surface area (Å²) >= 11 is 0. The molecule has 3 rings (SSSR count). The zero-order chi connectivity index (χ0) is 15.0. The van der Waals surface area contributed by atoms with Gasteiger partial charge in [-0.05, 0) is 36.4 Å². The minimum Gasteiger partial charge on any atom is -0.479 e. The van der Waals surface area contributed by atoms with Crippen LogP contribution < -0.4 is 9.47 Å². The molecule has 0 saturated heterocycles. The fourth-order valence-electron chi connectivity index (χ4n) is 1.88. The van der Waals surface area contributed by atoms with Crippen molar-refractivity contribution < 1.29 is 9.47 Å². The number of ether oxygens (including phenoxy) is 2. The Labute approximate surface area is 128 Å². The summed E-state index contributed by atoms with van der Waals surface area (Å²) in [5.41, 5.74) is 1.25. The van der Waals surface area contributed by atoms with E-state index >= 15 is 0 Å². The van der Waals surface area contributed by atoms with E-state index in [2.05, 4.69) is 33.6 Å². The Hall–Kier alpha value is -3.24. The number of rotatable bonds is 0. The SMILES string of the molecule is C1#CCOc2cccnc2-c2ncccc2OCC#C/C=C\1. The molecule has 4 heteroatoms. The highest BCUT2D eigenvalue weighted by atomic mass is 16.5. The lowest BCUT2D eigenvalue weighted by molar-refractivity contribution is 0.364. The summed E-state index contributed by atoms with van der Waals surface area (Å²) in [4.78, 5) is 8.73. The second kappa shape index (κ2) is 6.97. The third kappa shape index (κ3) is 3.26. The predicted octanol–water partition coefficient (Wildman–Crippen LogP) is 2.48.